The zero-order chi connectivity index (χ0) is 18.4. The molecule has 6 nitrogen and oxygen atoms in total. The second-order valence-electron chi connectivity index (χ2n) is 5.27. The first-order chi connectivity index (χ1) is 12.0. The molecule has 1 heterocycles. The van der Waals surface area contributed by atoms with Crippen LogP contribution in [0, 0.1) is 5.41 Å². The van der Waals surface area contributed by atoms with E-state index in [1.54, 1.807) is 18.2 Å². The number of nitrogens with zero attached hydrogens (tertiary/aromatic N) is 1. The lowest BCUT2D eigenvalue weighted by Gasteiger charge is -2.23. The Bertz CT molecular complexity index is 823. The van der Waals surface area contributed by atoms with Gasteiger partial charge in [0.25, 0.3) is 0 Å². The number of pyridine rings is 1. The topological polar surface area (TPSA) is 85.7 Å². The molecule has 2 aromatic rings. The van der Waals surface area contributed by atoms with Crippen LogP contribution in [0.2, 0.25) is 5.02 Å². The van der Waals surface area contributed by atoms with Gasteiger partial charge in [-0.3, -0.25) is 14.7 Å². The van der Waals surface area contributed by atoms with Crippen LogP contribution < -0.4 is 4.89 Å². The van der Waals surface area contributed by atoms with E-state index in [1.807, 2.05) is 0 Å². The Morgan fingerprint density at radius 1 is 1.24 bits per heavy atom. The highest BCUT2D eigenvalue weighted by atomic mass is 35.5. The number of fused-ring (bicyclic) bond motifs is 1. The smallest absolute Gasteiger partial charge is 0.373 e. The summed E-state index contributed by atoms with van der Waals surface area (Å²) in [5.41, 5.74) is -1.46. The van der Waals surface area contributed by atoms with Gasteiger partial charge < -0.3 is 5.11 Å². The lowest BCUT2D eigenvalue weighted by atomic mass is 9.81. The standard InChI is InChI=1S/C18H16ClNO5/c1-3-9-18(10-4-2,16(21)22)17(23)25-24-14-8-7-13(19)12-6-5-11-20-15(12)14/h3-8,11H,1-2,9-10H2,(H,21,22). The number of carboxylic acids is 1. The molecule has 0 spiro atoms. The Labute approximate surface area is 149 Å². The zero-order valence-electron chi connectivity index (χ0n) is 13.3. The molecule has 0 saturated heterocycles. The molecule has 0 fully saturated rings. The van der Waals surface area contributed by atoms with Crippen molar-refractivity contribution in [2.24, 2.45) is 5.41 Å². The molecule has 130 valence electrons. The Morgan fingerprint density at radius 3 is 2.52 bits per heavy atom. The van der Waals surface area contributed by atoms with Crippen LogP contribution in [0.25, 0.3) is 10.9 Å². The molecule has 0 unspecified atom stereocenters. The Morgan fingerprint density at radius 2 is 1.92 bits per heavy atom. The number of benzene rings is 1. The van der Waals surface area contributed by atoms with Crippen molar-refractivity contribution in [2.75, 3.05) is 0 Å². The summed E-state index contributed by atoms with van der Waals surface area (Å²) < 4.78 is 0. The summed E-state index contributed by atoms with van der Waals surface area (Å²) >= 11 is 6.09. The van der Waals surface area contributed by atoms with Crippen LogP contribution in [-0.4, -0.2) is 22.0 Å². The lowest BCUT2D eigenvalue weighted by molar-refractivity contribution is -0.226. The van der Waals surface area contributed by atoms with Gasteiger partial charge in [0, 0.05) is 11.6 Å². The Kier molecular flexibility index (Phi) is 5.77. The number of carboxylic acid groups (broad SMARTS) is 1. The molecule has 0 aliphatic carbocycles. The molecule has 1 N–H and O–H groups in total. The number of aliphatic carboxylic acids is 1. The van der Waals surface area contributed by atoms with E-state index in [1.165, 1.54) is 24.4 Å². The van der Waals surface area contributed by atoms with Crippen molar-refractivity contribution in [1.29, 1.82) is 0 Å². The van der Waals surface area contributed by atoms with Crippen molar-refractivity contribution in [3.05, 3.63) is 60.8 Å². The van der Waals surface area contributed by atoms with Crippen molar-refractivity contribution in [2.45, 2.75) is 12.8 Å². The fraction of sp³-hybridized carbons (Fsp3) is 0.167. The minimum absolute atomic E-state index is 0.129. The second-order valence-corrected chi connectivity index (χ2v) is 5.68. The molecule has 7 heteroatoms. The van der Waals surface area contributed by atoms with Crippen molar-refractivity contribution < 1.29 is 24.5 Å². The van der Waals surface area contributed by atoms with Gasteiger partial charge in [-0.25, -0.2) is 9.68 Å². The van der Waals surface area contributed by atoms with Crippen LogP contribution in [0.1, 0.15) is 12.8 Å². The highest BCUT2D eigenvalue weighted by molar-refractivity contribution is 6.35. The third-order valence-electron chi connectivity index (χ3n) is 3.67. The van der Waals surface area contributed by atoms with E-state index < -0.39 is 17.4 Å². The van der Waals surface area contributed by atoms with Gasteiger partial charge in [0.2, 0.25) is 5.75 Å². The van der Waals surface area contributed by atoms with Gasteiger partial charge in [0.05, 0.1) is 5.02 Å². The van der Waals surface area contributed by atoms with E-state index in [0.717, 1.165) is 0 Å². The van der Waals surface area contributed by atoms with Gasteiger partial charge in [-0.05, 0) is 37.1 Å². The number of rotatable bonds is 8. The molecule has 0 amide bonds. The van der Waals surface area contributed by atoms with Crippen LogP contribution in [-0.2, 0) is 14.5 Å². The summed E-state index contributed by atoms with van der Waals surface area (Å²) in [4.78, 5) is 38.1. The summed E-state index contributed by atoms with van der Waals surface area (Å²) in [7, 11) is 0. The zero-order valence-corrected chi connectivity index (χ0v) is 14.0. The van der Waals surface area contributed by atoms with E-state index >= 15 is 0 Å². The number of allylic oxidation sites excluding steroid dienone is 2. The fourth-order valence-electron chi connectivity index (χ4n) is 2.35. The maximum absolute atomic E-state index is 12.4. The van der Waals surface area contributed by atoms with Crippen molar-refractivity contribution in [3.63, 3.8) is 0 Å². The van der Waals surface area contributed by atoms with Gasteiger partial charge in [-0.15, -0.1) is 13.2 Å². The summed E-state index contributed by atoms with van der Waals surface area (Å²) in [6.45, 7) is 6.98. The predicted molar refractivity (Wildman–Crippen MR) is 93.2 cm³/mol. The third-order valence-corrected chi connectivity index (χ3v) is 4.00. The summed E-state index contributed by atoms with van der Waals surface area (Å²) in [6, 6.07) is 6.48. The first kappa shape index (κ1) is 18.5. The first-order valence-corrected chi connectivity index (χ1v) is 7.71. The SMILES string of the molecule is C=CCC(CC=C)(C(=O)O)C(=O)OOc1ccc(Cl)c2cccnc12. The van der Waals surface area contributed by atoms with Gasteiger partial charge in [0.1, 0.15) is 5.52 Å². The number of carbonyl (C=O) groups is 2. The quantitative estimate of drug-likeness (QED) is 0.331. The van der Waals surface area contributed by atoms with E-state index in [2.05, 4.69) is 18.1 Å². The normalized spacial score (nSPS) is 10.9. The minimum atomic E-state index is -1.85. The lowest BCUT2D eigenvalue weighted by Crippen LogP contribution is -2.40. The van der Waals surface area contributed by atoms with Crippen LogP contribution in [0.5, 0.6) is 5.75 Å². The molecule has 1 aromatic carbocycles. The maximum Gasteiger partial charge on any atom is 0.373 e. The number of aromatic nitrogens is 1. The molecule has 0 bridgehead atoms. The average molecular weight is 362 g/mol. The predicted octanol–water partition coefficient (Wildman–Crippen LogP) is 3.95. The Hall–Kier alpha value is -2.86. The van der Waals surface area contributed by atoms with Crippen molar-refractivity contribution >= 4 is 34.4 Å². The van der Waals surface area contributed by atoms with Crippen LogP contribution in [0.4, 0.5) is 0 Å². The van der Waals surface area contributed by atoms with Gasteiger partial charge in [-0.2, -0.15) is 0 Å². The molecule has 1 aromatic heterocycles. The van der Waals surface area contributed by atoms with Gasteiger partial charge >= 0.3 is 11.9 Å². The van der Waals surface area contributed by atoms with Crippen LogP contribution >= 0.6 is 11.6 Å². The van der Waals surface area contributed by atoms with Crippen molar-refractivity contribution in [3.8, 4) is 5.75 Å². The van der Waals surface area contributed by atoms with Crippen LogP contribution in [0.3, 0.4) is 0 Å². The largest absolute Gasteiger partial charge is 0.480 e. The molecule has 2 rings (SSSR count). The maximum atomic E-state index is 12.4. The molecule has 0 aliphatic heterocycles. The van der Waals surface area contributed by atoms with E-state index in [0.29, 0.717) is 15.9 Å². The first-order valence-electron chi connectivity index (χ1n) is 7.33. The van der Waals surface area contributed by atoms with Gasteiger partial charge in [-0.1, -0.05) is 23.8 Å². The van der Waals surface area contributed by atoms with Gasteiger partial charge in [0.15, 0.2) is 5.41 Å². The van der Waals surface area contributed by atoms with E-state index in [4.69, 9.17) is 21.4 Å². The molecule has 25 heavy (non-hydrogen) atoms. The summed E-state index contributed by atoms with van der Waals surface area (Å²) in [6.07, 6.45) is 3.94. The van der Waals surface area contributed by atoms with E-state index in [-0.39, 0.29) is 18.6 Å². The highest BCUT2D eigenvalue weighted by Gasteiger charge is 2.47. The van der Waals surface area contributed by atoms with Crippen molar-refractivity contribution in [1.82, 2.24) is 4.98 Å². The fourth-order valence-corrected chi connectivity index (χ4v) is 2.56. The monoisotopic (exact) mass is 361 g/mol. The van der Waals surface area contributed by atoms with Crippen LogP contribution in [0.15, 0.2) is 55.8 Å². The number of carbonyl (C=O) groups excluding carboxylic acids is 1. The minimum Gasteiger partial charge on any atom is -0.480 e. The molecule has 0 atom stereocenters. The summed E-state index contributed by atoms with van der Waals surface area (Å²) in [5, 5.41) is 10.5. The molecular weight excluding hydrogens is 346 g/mol. The number of halogens is 1. The molecule has 0 aliphatic rings. The second kappa shape index (κ2) is 7.81. The third kappa shape index (κ3) is 3.64. The molecule has 0 radical (unpaired) electrons. The number of hydrogen-bond donors (Lipinski definition) is 1. The Balaban J connectivity index is 2.29. The van der Waals surface area contributed by atoms with E-state index in [9.17, 15) is 14.7 Å². The molecule has 0 saturated carbocycles. The average Bonchev–Trinajstić information content (AvgIpc) is 2.60. The highest BCUT2D eigenvalue weighted by Crippen LogP contribution is 2.33. The molecular formula is C18H16ClNO5. The summed E-state index contributed by atoms with van der Waals surface area (Å²) in [5.74, 6) is -2.26. The number of hydrogen-bond acceptors (Lipinski definition) is 5.